The summed E-state index contributed by atoms with van der Waals surface area (Å²) >= 11 is 0. The Bertz CT molecular complexity index is 1570. The van der Waals surface area contributed by atoms with E-state index in [4.69, 9.17) is 5.73 Å². The summed E-state index contributed by atoms with van der Waals surface area (Å²) in [4.78, 5) is 54.6. The monoisotopic (exact) mass is 652 g/mol. The minimum atomic E-state index is -0.828. The second kappa shape index (κ2) is 17.4. The number of hydrogen-bond acceptors (Lipinski definition) is 5. The standard InChI is InChI=1S/C40H52N4O4/c1-2-37(46)42-35(25-27-21-22-28-12-3-6-16-31(28)24-27)40(48)44-38(30-14-4-5-15-30)36(45)26-32(17-9-10-23-41)39(47)43-34-20-11-18-29-13-7-8-19-33(29)34/h3,6-8,12-13,16,19,21-22,24,30,32,34-35,38H,2,4-5,9-11,14-15,17-18,20,23,25-26,41H2,1H3,(H,42,46)(H,43,47)(H,44,48)/t32-,34+,35+,38+/m1/s1. The van der Waals surface area contributed by atoms with Crippen molar-refractivity contribution in [3.05, 3.63) is 83.4 Å². The van der Waals surface area contributed by atoms with Crippen molar-refractivity contribution in [1.29, 1.82) is 0 Å². The number of carbonyl (C=O) groups excluding carboxylic acids is 4. The molecule has 3 aromatic carbocycles. The van der Waals surface area contributed by atoms with Gasteiger partial charge in [-0.3, -0.25) is 19.2 Å². The average Bonchev–Trinajstić information content (AvgIpc) is 3.64. The highest BCUT2D eigenvalue weighted by atomic mass is 16.2. The Morgan fingerprint density at radius 1 is 0.833 bits per heavy atom. The second-order valence-corrected chi connectivity index (χ2v) is 13.7. The summed E-state index contributed by atoms with van der Waals surface area (Å²) < 4.78 is 0. The maximum atomic E-state index is 14.2. The molecule has 0 radical (unpaired) electrons. The number of rotatable bonds is 16. The van der Waals surface area contributed by atoms with Crippen LogP contribution in [0.2, 0.25) is 0 Å². The molecule has 0 heterocycles. The summed E-state index contributed by atoms with van der Waals surface area (Å²) in [5, 5.41) is 11.5. The first-order chi connectivity index (χ1) is 23.4. The van der Waals surface area contributed by atoms with Crippen molar-refractivity contribution in [2.45, 2.75) is 109 Å². The first-order valence-electron chi connectivity index (χ1n) is 18.0. The normalized spacial score (nSPS) is 18.0. The number of benzene rings is 3. The molecule has 0 aromatic heterocycles. The molecule has 256 valence electrons. The zero-order valence-electron chi connectivity index (χ0n) is 28.3. The Balaban J connectivity index is 1.32. The smallest absolute Gasteiger partial charge is 0.243 e. The van der Waals surface area contributed by atoms with Crippen LogP contribution in [0, 0.1) is 11.8 Å². The lowest BCUT2D eigenvalue weighted by Gasteiger charge is -2.30. The molecule has 48 heavy (non-hydrogen) atoms. The SMILES string of the molecule is CCC(=O)N[C@@H](Cc1ccc2ccccc2c1)C(=O)N[C@H](C(=O)C[C@@H](CCCCN)C(=O)N[C@H]1CCCc2ccccc21)C1CCCC1. The molecule has 5 N–H and O–H groups in total. The number of carbonyl (C=O) groups is 4. The molecule has 0 saturated heterocycles. The van der Waals surface area contributed by atoms with E-state index in [0.29, 0.717) is 19.4 Å². The molecule has 5 rings (SSSR count). The number of hydrogen-bond donors (Lipinski definition) is 4. The maximum absolute atomic E-state index is 14.2. The third kappa shape index (κ3) is 9.31. The van der Waals surface area contributed by atoms with E-state index in [-0.39, 0.29) is 48.3 Å². The van der Waals surface area contributed by atoms with Gasteiger partial charge in [0.15, 0.2) is 5.78 Å². The van der Waals surface area contributed by atoms with Crippen LogP contribution < -0.4 is 21.7 Å². The van der Waals surface area contributed by atoms with E-state index in [0.717, 1.165) is 79.7 Å². The van der Waals surface area contributed by atoms with Crippen molar-refractivity contribution in [3.8, 4) is 0 Å². The van der Waals surface area contributed by atoms with Gasteiger partial charge in [0.1, 0.15) is 6.04 Å². The molecule has 0 spiro atoms. The van der Waals surface area contributed by atoms with Gasteiger partial charge in [-0.05, 0) is 84.9 Å². The molecule has 8 nitrogen and oxygen atoms in total. The fraction of sp³-hybridized carbons (Fsp3) is 0.500. The topological polar surface area (TPSA) is 130 Å². The van der Waals surface area contributed by atoms with Crippen molar-refractivity contribution in [2.24, 2.45) is 17.6 Å². The van der Waals surface area contributed by atoms with Crippen LogP contribution in [0.3, 0.4) is 0 Å². The lowest BCUT2D eigenvalue weighted by Crippen LogP contribution is -2.54. The Morgan fingerprint density at radius 3 is 2.35 bits per heavy atom. The fourth-order valence-electron chi connectivity index (χ4n) is 7.54. The molecule has 3 amide bonds. The van der Waals surface area contributed by atoms with E-state index < -0.39 is 18.0 Å². The molecule has 0 aliphatic heterocycles. The molecular weight excluding hydrogens is 600 g/mol. The lowest BCUT2D eigenvalue weighted by atomic mass is 9.85. The van der Waals surface area contributed by atoms with Gasteiger partial charge in [-0.25, -0.2) is 0 Å². The molecule has 1 saturated carbocycles. The number of amides is 3. The van der Waals surface area contributed by atoms with E-state index in [9.17, 15) is 19.2 Å². The molecule has 4 atom stereocenters. The zero-order valence-corrected chi connectivity index (χ0v) is 28.3. The number of fused-ring (bicyclic) bond motifs is 2. The summed E-state index contributed by atoms with van der Waals surface area (Å²) in [6, 6.07) is 20.7. The van der Waals surface area contributed by atoms with Crippen molar-refractivity contribution in [3.63, 3.8) is 0 Å². The minimum Gasteiger partial charge on any atom is -0.349 e. The fourth-order valence-corrected chi connectivity index (χ4v) is 7.54. The van der Waals surface area contributed by atoms with Crippen LogP contribution in [0.4, 0.5) is 0 Å². The predicted octanol–water partition coefficient (Wildman–Crippen LogP) is 5.85. The lowest BCUT2D eigenvalue weighted by molar-refractivity contribution is -0.134. The highest BCUT2D eigenvalue weighted by molar-refractivity contribution is 5.95. The quantitative estimate of drug-likeness (QED) is 0.144. The number of Topliss-reactive ketones (excluding diaryl/α,β-unsaturated/α-hetero) is 1. The second-order valence-electron chi connectivity index (χ2n) is 13.7. The van der Waals surface area contributed by atoms with Crippen LogP contribution in [0.25, 0.3) is 10.8 Å². The summed E-state index contributed by atoms with van der Waals surface area (Å²) in [6.45, 7) is 2.29. The number of nitrogens with one attached hydrogen (secondary N) is 3. The van der Waals surface area contributed by atoms with E-state index in [1.54, 1.807) is 6.92 Å². The first-order valence-corrected chi connectivity index (χ1v) is 18.0. The third-order valence-electron chi connectivity index (χ3n) is 10.3. The molecule has 8 heteroatoms. The van der Waals surface area contributed by atoms with Crippen molar-refractivity contribution < 1.29 is 19.2 Å². The van der Waals surface area contributed by atoms with Gasteiger partial charge in [0.2, 0.25) is 17.7 Å². The highest BCUT2D eigenvalue weighted by Gasteiger charge is 2.36. The molecule has 0 bridgehead atoms. The van der Waals surface area contributed by atoms with Crippen molar-refractivity contribution in [1.82, 2.24) is 16.0 Å². The summed E-state index contributed by atoms with van der Waals surface area (Å²) in [6.07, 6.45) is 9.27. The Hall–Kier alpha value is -4.04. The number of aryl methyl sites for hydroxylation is 1. The number of unbranched alkanes of at least 4 members (excludes halogenated alkanes) is 1. The van der Waals surface area contributed by atoms with Gasteiger partial charge < -0.3 is 21.7 Å². The third-order valence-corrected chi connectivity index (χ3v) is 10.3. The van der Waals surface area contributed by atoms with Crippen LogP contribution in [0.1, 0.15) is 100 Å². The van der Waals surface area contributed by atoms with E-state index >= 15 is 0 Å². The van der Waals surface area contributed by atoms with Gasteiger partial charge in [-0.1, -0.05) is 92.9 Å². The Morgan fingerprint density at radius 2 is 1.58 bits per heavy atom. The van der Waals surface area contributed by atoms with Crippen LogP contribution in [-0.4, -0.2) is 42.1 Å². The highest BCUT2D eigenvalue weighted by Crippen LogP contribution is 2.32. The Kier molecular flexibility index (Phi) is 12.8. The number of nitrogens with two attached hydrogens (primary N) is 1. The van der Waals surface area contributed by atoms with Gasteiger partial charge in [0.25, 0.3) is 0 Å². The van der Waals surface area contributed by atoms with E-state index in [1.807, 2.05) is 54.6 Å². The van der Waals surface area contributed by atoms with Crippen LogP contribution >= 0.6 is 0 Å². The van der Waals surface area contributed by atoms with Gasteiger partial charge in [-0.2, -0.15) is 0 Å². The maximum Gasteiger partial charge on any atom is 0.243 e. The molecule has 0 unspecified atom stereocenters. The van der Waals surface area contributed by atoms with Gasteiger partial charge in [0.05, 0.1) is 12.1 Å². The molecule has 2 aliphatic rings. The zero-order chi connectivity index (χ0) is 33.9. The van der Waals surface area contributed by atoms with Gasteiger partial charge in [0, 0.05) is 25.2 Å². The van der Waals surface area contributed by atoms with E-state index in [2.05, 4.69) is 28.1 Å². The van der Waals surface area contributed by atoms with Crippen LogP contribution in [-0.2, 0) is 32.0 Å². The molecule has 3 aromatic rings. The summed E-state index contributed by atoms with van der Waals surface area (Å²) in [5.41, 5.74) is 9.14. The summed E-state index contributed by atoms with van der Waals surface area (Å²) in [7, 11) is 0. The van der Waals surface area contributed by atoms with Crippen molar-refractivity contribution >= 4 is 34.3 Å². The first kappa shape index (κ1) is 35.3. The summed E-state index contributed by atoms with van der Waals surface area (Å²) in [5.74, 6) is -1.31. The predicted molar refractivity (Wildman–Crippen MR) is 190 cm³/mol. The van der Waals surface area contributed by atoms with Gasteiger partial charge in [-0.15, -0.1) is 0 Å². The Labute approximate surface area is 285 Å². The van der Waals surface area contributed by atoms with Gasteiger partial charge >= 0.3 is 0 Å². The molecule has 2 aliphatic carbocycles. The van der Waals surface area contributed by atoms with Crippen molar-refractivity contribution in [2.75, 3.05) is 6.54 Å². The van der Waals surface area contributed by atoms with E-state index in [1.165, 1.54) is 5.56 Å². The minimum absolute atomic E-state index is 0.00243. The molecular formula is C40H52N4O4. The molecule has 1 fully saturated rings. The average molecular weight is 653 g/mol. The number of ketones is 1. The van der Waals surface area contributed by atoms with Crippen LogP contribution in [0.15, 0.2) is 66.7 Å². The largest absolute Gasteiger partial charge is 0.349 e. The van der Waals surface area contributed by atoms with Crippen LogP contribution in [0.5, 0.6) is 0 Å².